The minimum Gasteiger partial charge on any atom is -0.435 e. The van der Waals surface area contributed by atoms with Gasteiger partial charge in [0.15, 0.2) is 11.6 Å². The Balaban J connectivity index is 2.46. The van der Waals surface area contributed by atoms with Gasteiger partial charge in [-0.25, -0.2) is 9.37 Å². The fourth-order valence-corrected chi connectivity index (χ4v) is 1.58. The fourth-order valence-electron chi connectivity index (χ4n) is 1.58. The van der Waals surface area contributed by atoms with Crippen molar-refractivity contribution in [1.29, 1.82) is 0 Å². The van der Waals surface area contributed by atoms with Gasteiger partial charge in [0.25, 0.3) is 0 Å². The number of nitrogen functional groups attached to an aromatic ring is 1. The molecular weight excluding hydrogens is 257 g/mol. The first kappa shape index (κ1) is 14.2. The molecule has 0 bridgehead atoms. The number of anilines is 1. The van der Waals surface area contributed by atoms with Gasteiger partial charge in [-0.05, 0) is 19.1 Å². The van der Waals surface area contributed by atoms with Crippen molar-refractivity contribution in [2.75, 3.05) is 5.73 Å². The van der Waals surface area contributed by atoms with Gasteiger partial charge < -0.3 is 10.5 Å². The van der Waals surface area contributed by atoms with Crippen LogP contribution in [0.4, 0.5) is 10.2 Å². The minimum atomic E-state index is -0.443. The standard InChI is InChI=1S/C15H18FN3O/c1-9-12(17)18-14(15(2,3)4)19-13(9)20-11-8-6-5-7-10(11)16/h5-8H,1-4H3,(H2,17,18,19). The van der Waals surface area contributed by atoms with E-state index >= 15 is 0 Å². The topological polar surface area (TPSA) is 61.0 Å². The molecule has 2 N–H and O–H groups in total. The first-order chi connectivity index (χ1) is 9.29. The van der Waals surface area contributed by atoms with Gasteiger partial charge in [0, 0.05) is 5.41 Å². The zero-order chi connectivity index (χ0) is 14.9. The van der Waals surface area contributed by atoms with Crippen molar-refractivity contribution in [2.24, 2.45) is 0 Å². The van der Waals surface area contributed by atoms with Crippen LogP contribution in [0.2, 0.25) is 0 Å². The Morgan fingerprint density at radius 3 is 2.40 bits per heavy atom. The highest BCUT2D eigenvalue weighted by Gasteiger charge is 2.21. The van der Waals surface area contributed by atoms with E-state index in [1.807, 2.05) is 20.8 Å². The zero-order valence-electron chi connectivity index (χ0n) is 12.1. The van der Waals surface area contributed by atoms with Crippen LogP contribution < -0.4 is 10.5 Å². The van der Waals surface area contributed by atoms with Gasteiger partial charge >= 0.3 is 0 Å². The van der Waals surface area contributed by atoms with Crippen LogP contribution in [0.5, 0.6) is 11.6 Å². The highest BCUT2D eigenvalue weighted by Crippen LogP contribution is 2.30. The normalized spacial score (nSPS) is 11.4. The maximum Gasteiger partial charge on any atom is 0.227 e. The lowest BCUT2D eigenvalue weighted by Crippen LogP contribution is -2.18. The predicted octanol–water partition coefficient (Wildman–Crippen LogP) is 3.60. The quantitative estimate of drug-likeness (QED) is 0.909. The molecule has 0 saturated carbocycles. The molecule has 5 heteroatoms. The number of aromatic nitrogens is 2. The lowest BCUT2D eigenvalue weighted by molar-refractivity contribution is 0.415. The molecule has 2 aromatic rings. The number of hydrogen-bond acceptors (Lipinski definition) is 4. The molecule has 0 aliphatic carbocycles. The predicted molar refractivity (Wildman–Crippen MR) is 76.4 cm³/mol. The number of nitrogens with two attached hydrogens (primary N) is 1. The summed E-state index contributed by atoms with van der Waals surface area (Å²) in [6, 6.07) is 6.18. The van der Waals surface area contributed by atoms with Crippen LogP contribution in [0.25, 0.3) is 0 Å². The lowest BCUT2D eigenvalue weighted by atomic mass is 9.95. The SMILES string of the molecule is Cc1c(N)nc(C(C)(C)C)nc1Oc1ccccc1F. The van der Waals surface area contributed by atoms with Crippen molar-refractivity contribution in [2.45, 2.75) is 33.1 Å². The van der Waals surface area contributed by atoms with Crippen LogP contribution in [0.15, 0.2) is 24.3 Å². The number of benzene rings is 1. The molecule has 0 spiro atoms. The number of halogens is 1. The van der Waals surface area contributed by atoms with E-state index in [9.17, 15) is 4.39 Å². The third kappa shape index (κ3) is 2.87. The molecule has 4 nitrogen and oxygen atoms in total. The van der Waals surface area contributed by atoms with Crippen LogP contribution in [0, 0.1) is 12.7 Å². The van der Waals surface area contributed by atoms with E-state index < -0.39 is 5.82 Å². The van der Waals surface area contributed by atoms with Crippen molar-refractivity contribution >= 4 is 5.82 Å². The van der Waals surface area contributed by atoms with Crippen LogP contribution in [-0.4, -0.2) is 9.97 Å². The molecule has 20 heavy (non-hydrogen) atoms. The molecule has 0 amide bonds. The van der Waals surface area contributed by atoms with Crippen LogP contribution in [-0.2, 0) is 5.41 Å². The number of nitrogens with zero attached hydrogens (tertiary/aromatic N) is 2. The van der Waals surface area contributed by atoms with Crippen molar-refractivity contribution in [3.8, 4) is 11.6 Å². The monoisotopic (exact) mass is 275 g/mol. The molecule has 1 aromatic heterocycles. The Morgan fingerprint density at radius 1 is 1.15 bits per heavy atom. The zero-order valence-corrected chi connectivity index (χ0v) is 12.1. The summed E-state index contributed by atoms with van der Waals surface area (Å²) in [6.07, 6.45) is 0. The Morgan fingerprint density at radius 2 is 1.80 bits per heavy atom. The maximum absolute atomic E-state index is 13.6. The Labute approximate surface area is 117 Å². The largest absolute Gasteiger partial charge is 0.435 e. The van der Waals surface area contributed by atoms with Crippen molar-refractivity contribution < 1.29 is 9.13 Å². The highest BCUT2D eigenvalue weighted by atomic mass is 19.1. The number of hydrogen-bond donors (Lipinski definition) is 1. The van der Waals surface area contributed by atoms with Crippen LogP contribution >= 0.6 is 0 Å². The van der Waals surface area contributed by atoms with Crippen molar-refractivity contribution in [1.82, 2.24) is 9.97 Å². The third-order valence-corrected chi connectivity index (χ3v) is 2.85. The van der Waals surface area contributed by atoms with Gasteiger partial charge in [-0.1, -0.05) is 32.9 Å². The van der Waals surface area contributed by atoms with E-state index in [0.29, 0.717) is 17.2 Å². The minimum absolute atomic E-state index is 0.119. The molecule has 0 fully saturated rings. The summed E-state index contributed by atoms with van der Waals surface area (Å²) in [5.41, 5.74) is 6.21. The van der Waals surface area contributed by atoms with E-state index in [0.717, 1.165) is 0 Å². The summed E-state index contributed by atoms with van der Waals surface area (Å²) in [4.78, 5) is 8.62. The first-order valence-electron chi connectivity index (χ1n) is 6.36. The molecule has 1 aromatic carbocycles. The Kier molecular flexibility index (Phi) is 3.61. The van der Waals surface area contributed by atoms with Gasteiger partial charge in [-0.15, -0.1) is 0 Å². The Bertz CT molecular complexity index is 636. The van der Waals surface area contributed by atoms with Crippen molar-refractivity contribution in [3.05, 3.63) is 41.5 Å². The second kappa shape index (κ2) is 5.07. The molecule has 0 aliphatic heterocycles. The Hall–Kier alpha value is -2.17. The summed E-state index contributed by atoms with van der Waals surface area (Å²) in [6.45, 7) is 7.68. The molecular formula is C15H18FN3O. The molecule has 0 aliphatic rings. The number of ether oxygens (including phenoxy) is 1. The van der Waals surface area contributed by atoms with Gasteiger partial charge in [0.2, 0.25) is 5.88 Å². The third-order valence-electron chi connectivity index (χ3n) is 2.85. The molecule has 106 valence electrons. The van der Waals surface area contributed by atoms with E-state index in [1.54, 1.807) is 25.1 Å². The summed E-state index contributed by atoms with van der Waals surface area (Å²) in [5, 5.41) is 0. The fraction of sp³-hybridized carbons (Fsp3) is 0.333. The smallest absolute Gasteiger partial charge is 0.227 e. The maximum atomic E-state index is 13.6. The van der Waals surface area contributed by atoms with Crippen LogP contribution in [0.3, 0.4) is 0 Å². The summed E-state index contributed by atoms with van der Waals surface area (Å²) in [5.74, 6) is 0.866. The van der Waals surface area contributed by atoms with Crippen LogP contribution in [0.1, 0.15) is 32.2 Å². The molecule has 0 radical (unpaired) electrons. The second-order valence-corrected chi connectivity index (χ2v) is 5.65. The summed E-state index contributed by atoms with van der Waals surface area (Å²) in [7, 11) is 0. The van der Waals surface area contributed by atoms with E-state index in [4.69, 9.17) is 10.5 Å². The molecule has 1 heterocycles. The van der Waals surface area contributed by atoms with Gasteiger partial charge in [0.1, 0.15) is 11.6 Å². The lowest BCUT2D eigenvalue weighted by Gasteiger charge is -2.19. The number of rotatable bonds is 2. The summed E-state index contributed by atoms with van der Waals surface area (Å²) >= 11 is 0. The van der Waals surface area contributed by atoms with Gasteiger partial charge in [-0.2, -0.15) is 4.98 Å². The molecule has 2 rings (SSSR count). The molecule has 0 unspecified atom stereocenters. The average Bonchev–Trinajstić information content (AvgIpc) is 2.36. The van der Waals surface area contributed by atoms with E-state index in [2.05, 4.69) is 9.97 Å². The van der Waals surface area contributed by atoms with E-state index in [1.165, 1.54) is 6.07 Å². The molecule has 0 atom stereocenters. The average molecular weight is 275 g/mol. The highest BCUT2D eigenvalue weighted by molar-refractivity contribution is 5.46. The second-order valence-electron chi connectivity index (χ2n) is 5.65. The first-order valence-corrected chi connectivity index (χ1v) is 6.36. The summed E-state index contributed by atoms with van der Waals surface area (Å²) < 4.78 is 19.2. The van der Waals surface area contributed by atoms with Gasteiger partial charge in [0.05, 0.1) is 5.56 Å². The van der Waals surface area contributed by atoms with Gasteiger partial charge in [-0.3, -0.25) is 0 Å². The molecule has 0 saturated heterocycles. The van der Waals surface area contributed by atoms with Crippen molar-refractivity contribution in [3.63, 3.8) is 0 Å². The number of para-hydroxylation sites is 1. The van der Waals surface area contributed by atoms with E-state index in [-0.39, 0.29) is 17.0 Å².